The first-order valence-corrected chi connectivity index (χ1v) is 5.31. The molecule has 0 amide bonds. The van der Waals surface area contributed by atoms with Gasteiger partial charge in [-0.25, -0.2) is 9.79 Å². The number of esters is 1. The van der Waals surface area contributed by atoms with Crippen LogP contribution in [0.4, 0.5) is 0 Å². The van der Waals surface area contributed by atoms with E-state index in [2.05, 4.69) is 4.99 Å². The van der Waals surface area contributed by atoms with Crippen molar-refractivity contribution >= 4 is 12.2 Å². The van der Waals surface area contributed by atoms with Gasteiger partial charge < -0.3 is 9.84 Å². The number of carbonyl (C=O) groups excluding carboxylic acids is 1. The van der Waals surface area contributed by atoms with E-state index in [1.54, 1.807) is 6.92 Å². The highest BCUT2D eigenvalue weighted by Gasteiger charge is 2.12. The van der Waals surface area contributed by atoms with Gasteiger partial charge in [0.1, 0.15) is 5.76 Å². The van der Waals surface area contributed by atoms with Gasteiger partial charge in [-0.1, -0.05) is 30.3 Å². The molecular weight excluding hydrogens is 218 g/mol. The summed E-state index contributed by atoms with van der Waals surface area (Å²) < 4.78 is 4.78. The summed E-state index contributed by atoms with van der Waals surface area (Å²) >= 11 is 0. The molecule has 90 valence electrons. The van der Waals surface area contributed by atoms with E-state index in [4.69, 9.17) is 4.74 Å². The lowest BCUT2D eigenvalue weighted by atomic mass is 10.2. The zero-order valence-electron chi connectivity index (χ0n) is 9.88. The smallest absolute Gasteiger partial charge is 0.360 e. The summed E-state index contributed by atoms with van der Waals surface area (Å²) in [4.78, 5) is 15.4. The first kappa shape index (κ1) is 13.0. The Bertz CT molecular complexity index is 431. The minimum atomic E-state index is -0.625. The highest BCUT2D eigenvalue weighted by atomic mass is 16.5. The number of rotatable bonds is 4. The van der Waals surface area contributed by atoms with E-state index in [0.29, 0.717) is 0 Å². The van der Waals surface area contributed by atoms with Crippen LogP contribution in [0.1, 0.15) is 19.4 Å². The van der Waals surface area contributed by atoms with Crippen molar-refractivity contribution in [2.75, 3.05) is 6.61 Å². The van der Waals surface area contributed by atoms with Crippen LogP contribution in [-0.2, 0) is 9.53 Å². The number of ether oxygens (including phenoxy) is 1. The van der Waals surface area contributed by atoms with Gasteiger partial charge in [0.25, 0.3) is 0 Å². The molecule has 4 heteroatoms. The number of aliphatic hydroxyl groups excluding tert-OH is 1. The SMILES string of the molecule is CCOC(=O)/C(N=Cc1ccccc1)=C(\C)O. The number of hydrogen-bond donors (Lipinski definition) is 1. The van der Waals surface area contributed by atoms with Gasteiger partial charge in [0.05, 0.1) is 6.61 Å². The highest BCUT2D eigenvalue weighted by molar-refractivity contribution is 5.92. The average molecular weight is 233 g/mol. The maximum Gasteiger partial charge on any atom is 0.360 e. The molecule has 0 aliphatic carbocycles. The lowest BCUT2D eigenvalue weighted by Gasteiger charge is -2.02. The third kappa shape index (κ3) is 4.10. The molecule has 4 nitrogen and oxygen atoms in total. The van der Waals surface area contributed by atoms with Gasteiger partial charge in [0.15, 0.2) is 5.70 Å². The third-order valence-electron chi connectivity index (χ3n) is 1.95. The summed E-state index contributed by atoms with van der Waals surface area (Å²) in [6.07, 6.45) is 1.51. The van der Waals surface area contributed by atoms with Gasteiger partial charge in [-0.2, -0.15) is 0 Å². The Morgan fingerprint density at radius 2 is 2.06 bits per heavy atom. The molecule has 1 aromatic carbocycles. The molecule has 1 rings (SSSR count). The normalized spacial score (nSPS) is 12.4. The largest absolute Gasteiger partial charge is 0.510 e. The van der Waals surface area contributed by atoms with Crippen LogP contribution >= 0.6 is 0 Å². The molecule has 0 spiro atoms. The van der Waals surface area contributed by atoms with Crippen molar-refractivity contribution in [3.63, 3.8) is 0 Å². The van der Waals surface area contributed by atoms with Crippen molar-refractivity contribution in [1.29, 1.82) is 0 Å². The van der Waals surface area contributed by atoms with Gasteiger partial charge >= 0.3 is 5.97 Å². The molecule has 0 saturated heterocycles. The van der Waals surface area contributed by atoms with E-state index < -0.39 is 5.97 Å². The first-order chi connectivity index (χ1) is 8.15. The zero-order valence-corrected chi connectivity index (χ0v) is 9.88. The Labute approximate surface area is 100 Å². The summed E-state index contributed by atoms with van der Waals surface area (Å²) in [6.45, 7) is 3.34. The highest BCUT2D eigenvalue weighted by Crippen LogP contribution is 2.06. The van der Waals surface area contributed by atoms with Crippen LogP contribution in [0.25, 0.3) is 0 Å². The van der Waals surface area contributed by atoms with Crippen LogP contribution in [0.15, 0.2) is 46.8 Å². The Morgan fingerprint density at radius 3 is 2.59 bits per heavy atom. The summed E-state index contributed by atoms with van der Waals surface area (Å²) in [5.41, 5.74) is 0.770. The van der Waals surface area contributed by atoms with Crippen LogP contribution in [-0.4, -0.2) is 23.9 Å². The number of allylic oxidation sites excluding steroid dienone is 1. The van der Waals surface area contributed by atoms with E-state index in [9.17, 15) is 9.90 Å². The third-order valence-corrected chi connectivity index (χ3v) is 1.95. The maximum absolute atomic E-state index is 11.5. The van der Waals surface area contributed by atoms with Crippen LogP contribution in [0.5, 0.6) is 0 Å². The lowest BCUT2D eigenvalue weighted by molar-refractivity contribution is -0.138. The molecule has 0 aliphatic rings. The number of aliphatic imine (C=N–C) groups is 1. The number of aliphatic hydroxyl groups is 1. The topological polar surface area (TPSA) is 58.9 Å². The second-order valence-corrected chi connectivity index (χ2v) is 3.32. The molecule has 1 N–H and O–H groups in total. The molecule has 0 fully saturated rings. The Morgan fingerprint density at radius 1 is 1.41 bits per heavy atom. The molecule has 0 bridgehead atoms. The van der Waals surface area contributed by atoms with E-state index in [1.807, 2.05) is 30.3 Å². The summed E-state index contributed by atoms with van der Waals surface area (Å²) in [6, 6.07) is 9.30. The lowest BCUT2D eigenvalue weighted by Crippen LogP contribution is -2.08. The van der Waals surface area contributed by atoms with E-state index in [0.717, 1.165) is 5.56 Å². The van der Waals surface area contributed by atoms with Crippen molar-refractivity contribution in [2.24, 2.45) is 4.99 Å². The molecule has 0 aliphatic heterocycles. The van der Waals surface area contributed by atoms with Crippen LogP contribution < -0.4 is 0 Å². The van der Waals surface area contributed by atoms with Gasteiger partial charge in [0.2, 0.25) is 0 Å². The molecular formula is C13H15NO3. The van der Waals surface area contributed by atoms with Gasteiger partial charge in [-0.05, 0) is 19.4 Å². The zero-order chi connectivity index (χ0) is 12.7. The fourth-order valence-electron chi connectivity index (χ4n) is 1.17. The molecule has 0 unspecified atom stereocenters. The molecule has 17 heavy (non-hydrogen) atoms. The molecule has 0 radical (unpaired) electrons. The predicted molar refractivity (Wildman–Crippen MR) is 66.0 cm³/mol. The van der Waals surface area contributed by atoms with E-state index >= 15 is 0 Å². The maximum atomic E-state index is 11.5. The van der Waals surface area contributed by atoms with Gasteiger partial charge in [0, 0.05) is 6.21 Å². The number of carbonyl (C=O) groups is 1. The van der Waals surface area contributed by atoms with Gasteiger partial charge in [-0.3, -0.25) is 0 Å². The van der Waals surface area contributed by atoms with Crippen molar-refractivity contribution in [3.05, 3.63) is 47.4 Å². The quantitative estimate of drug-likeness (QED) is 0.376. The fraction of sp³-hybridized carbons (Fsp3) is 0.231. The van der Waals surface area contributed by atoms with Crippen molar-refractivity contribution in [2.45, 2.75) is 13.8 Å². The van der Waals surface area contributed by atoms with Gasteiger partial charge in [-0.15, -0.1) is 0 Å². The molecule has 1 aromatic rings. The fourth-order valence-corrected chi connectivity index (χ4v) is 1.17. The van der Waals surface area contributed by atoms with E-state index in [-0.39, 0.29) is 18.1 Å². The molecule has 0 heterocycles. The Balaban J connectivity index is 2.86. The minimum Gasteiger partial charge on any atom is -0.510 e. The minimum absolute atomic E-state index is 0.0734. The summed E-state index contributed by atoms with van der Waals surface area (Å²) in [5, 5.41) is 9.35. The molecule has 0 atom stereocenters. The predicted octanol–water partition coefficient (Wildman–Crippen LogP) is 2.46. The number of benzene rings is 1. The van der Waals surface area contributed by atoms with Crippen LogP contribution in [0.3, 0.4) is 0 Å². The summed E-state index contributed by atoms with van der Waals surface area (Å²) in [7, 11) is 0. The second kappa shape index (κ2) is 6.48. The monoisotopic (exact) mass is 233 g/mol. The average Bonchev–Trinajstić information content (AvgIpc) is 2.30. The first-order valence-electron chi connectivity index (χ1n) is 5.31. The molecule has 0 aromatic heterocycles. The second-order valence-electron chi connectivity index (χ2n) is 3.32. The van der Waals surface area contributed by atoms with Crippen LogP contribution in [0, 0.1) is 0 Å². The standard InChI is InChI=1S/C13H15NO3/c1-3-17-13(16)12(10(2)15)14-9-11-7-5-4-6-8-11/h4-9,15H,3H2,1-2H3/b12-10-,14-9?. The number of hydrogen-bond acceptors (Lipinski definition) is 4. The Kier molecular flexibility index (Phi) is 4.94. The van der Waals surface area contributed by atoms with Crippen molar-refractivity contribution in [3.8, 4) is 0 Å². The van der Waals surface area contributed by atoms with Crippen molar-refractivity contribution < 1.29 is 14.6 Å². The summed E-state index contributed by atoms with van der Waals surface area (Å²) in [5.74, 6) is -0.782. The van der Waals surface area contributed by atoms with Crippen molar-refractivity contribution in [1.82, 2.24) is 0 Å². The van der Waals surface area contributed by atoms with E-state index in [1.165, 1.54) is 13.1 Å². The molecule has 0 saturated carbocycles. The Hall–Kier alpha value is -2.10. The van der Waals surface area contributed by atoms with Crippen LogP contribution in [0.2, 0.25) is 0 Å². The number of nitrogens with zero attached hydrogens (tertiary/aromatic N) is 1.